The number of fused-ring (bicyclic) bond motifs is 3. The van der Waals surface area contributed by atoms with E-state index in [0.717, 1.165) is 12.1 Å². The number of nitrogens with one attached hydrogen (secondary N) is 1. The van der Waals surface area contributed by atoms with Gasteiger partial charge in [-0.2, -0.15) is 13.2 Å². The van der Waals surface area contributed by atoms with Crippen LogP contribution in [0.5, 0.6) is 0 Å². The fraction of sp³-hybridized carbons (Fsp3) is 0.526. The van der Waals surface area contributed by atoms with E-state index in [0.29, 0.717) is 31.7 Å². The van der Waals surface area contributed by atoms with Gasteiger partial charge >= 0.3 is 6.18 Å². The SMILES string of the molecule is O=C1NCCN(CC[C@H]2CO[C@@H](CF)CO2)c2c1oc1ccc(C(F)(F)F)cc21. The van der Waals surface area contributed by atoms with Crippen LogP contribution in [0, 0.1) is 0 Å². The molecule has 0 bridgehead atoms. The van der Waals surface area contributed by atoms with Gasteiger partial charge in [-0.3, -0.25) is 4.79 Å². The molecule has 4 rings (SSSR count). The zero-order valence-electron chi connectivity index (χ0n) is 15.4. The second kappa shape index (κ2) is 7.83. The summed E-state index contributed by atoms with van der Waals surface area (Å²) in [6.07, 6.45) is -4.80. The van der Waals surface area contributed by atoms with E-state index in [1.807, 2.05) is 4.90 Å². The number of alkyl halides is 4. The lowest BCUT2D eigenvalue weighted by Gasteiger charge is -2.30. The molecule has 0 spiro atoms. The van der Waals surface area contributed by atoms with Gasteiger partial charge in [0.1, 0.15) is 18.4 Å². The highest BCUT2D eigenvalue weighted by atomic mass is 19.4. The van der Waals surface area contributed by atoms with Crippen LogP contribution in [0.1, 0.15) is 22.5 Å². The van der Waals surface area contributed by atoms with E-state index in [1.54, 1.807) is 0 Å². The summed E-state index contributed by atoms with van der Waals surface area (Å²) in [5, 5.41) is 2.93. The van der Waals surface area contributed by atoms with Crippen molar-refractivity contribution in [2.75, 3.05) is 44.4 Å². The molecule has 0 aliphatic carbocycles. The average Bonchev–Trinajstić information content (AvgIpc) is 3.01. The second-order valence-electron chi connectivity index (χ2n) is 7.09. The molecule has 0 radical (unpaired) electrons. The van der Waals surface area contributed by atoms with Gasteiger partial charge in [-0.1, -0.05) is 0 Å². The minimum absolute atomic E-state index is 0.00451. The van der Waals surface area contributed by atoms with Crippen LogP contribution in [-0.2, 0) is 15.7 Å². The number of hydrogen-bond donors (Lipinski definition) is 1. The normalized spacial score (nSPS) is 23.0. The van der Waals surface area contributed by atoms with Gasteiger partial charge in [0.25, 0.3) is 5.91 Å². The van der Waals surface area contributed by atoms with Crippen LogP contribution in [0.4, 0.5) is 23.2 Å². The minimum atomic E-state index is -4.50. The van der Waals surface area contributed by atoms with Crippen molar-refractivity contribution in [2.45, 2.75) is 24.8 Å². The maximum atomic E-state index is 13.2. The number of carbonyl (C=O) groups is 1. The fourth-order valence-electron chi connectivity index (χ4n) is 3.59. The van der Waals surface area contributed by atoms with E-state index in [4.69, 9.17) is 13.9 Å². The minimum Gasteiger partial charge on any atom is -0.449 e. The van der Waals surface area contributed by atoms with E-state index >= 15 is 0 Å². The molecule has 2 aliphatic heterocycles. The van der Waals surface area contributed by atoms with E-state index in [-0.39, 0.29) is 36.0 Å². The number of halogens is 4. The second-order valence-corrected chi connectivity index (χ2v) is 7.09. The third-order valence-corrected chi connectivity index (χ3v) is 5.11. The van der Waals surface area contributed by atoms with Crippen molar-refractivity contribution < 1.29 is 36.2 Å². The van der Waals surface area contributed by atoms with Crippen LogP contribution < -0.4 is 10.2 Å². The summed E-state index contributed by atoms with van der Waals surface area (Å²) in [6.45, 7) is 0.951. The van der Waals surface area contributed by atoms with Gasteiger partial charge in [-0.05, 0) is 24.6 Å². The summed E-state index contributed by atoms with van der Waals surface area (Å²) >= 11 is 0. The van der Waals surface area contributed by atoms with Gasteiger partial charge in [0.05, 0.1) is 30.6 Å². The Hall–Kier alpha value is -2.33. The first kappa shape index (κ1) is 20.0. The maximum absolute atomic E-state index is 13.2. The number of benzene rings is 1. The zero-order valence-corrected chi connectivity index (χ0v) is 15.4. The topological polar surface area (TPSA) is 63.9 Å². The molecular formula is C19H20F4N2O4. The first-order valence-electron chi connectivity index (χ1n) is 9.33. The molecule has 3 heterocycles. The highest BCUT2D eigenvalue weighted by molar-refractivity contribution is 6.07. The molecule has 2 aromatic rings. The lowest BCUT2D eigenvalue weighted by molar-refractivity contribution is -0.138. The summed E-state index contributed by atoms with van der Waals surface area (Å²) in [5.74, 6) is -0.467. The first-order chi connectivity index (χ1) is 13.9. The molecule has 1 aromatic carbocycles. The summed E-state index contributed by atoms with van der Waals surface area (Å²) in [5.41, 5.74) is -0.243. The lowest BCUT2D eigenvalue weighted by Crippen LogP contribution is -2.39. The van der Waals surface area contributed by atoms with Crippen molar-refractivity contribution in [3.05, 3.63) is 29.5 Å². The molecule has 2 aliphatic rings. The van der Waals surface area contributed by atoms with E-state index in [1.165, 1.54) is 6.07 Å². The highest BCUT2D eigenvalue weighted by Gasteiger charge is 2.34. The Balaban J connectivity index is 1.61. The molecular weight excluding hydrogens is 396 g/mol. The monoisotopic (exact) mass is 416 g/mol. The van der Waals surface area contributed by atoms with Crippen LogP contribution in [0.15, 0.2) is 22.6 Å². The Morgan fingerprint density at radius 2 is 1.93 bits per heavy atom. The largest absolute Gasteiger partial charge is 0.449 e. The molecule has 1 aromatic heterocycles. The molecule has 158 valence electrons. The predicted molar refractivity (Wildman–Crippen MR) is 95.8 cm³/mol. The number of amides is 1. The van der Waals surface area contributed by atoms with Gasteiger partial charge in [0.2, 0.25) is 5.76 Å². The smallest absolute Gasteiger partial charge is 0.416 e. The third-order valence-electron chi connectivity index (χ3n) is 5.11. The standard InChI is InChI=1S/C19H20F4N2O4/c20-8-13-10-27-12(9-28-13)3-5-25-6-4-24-18(26)17-16(25)14-7-11(19(21,22)23)1-2-15(14)29-17/h1-2,7,12-13H,3-6,8-10H2,(H,24,26)/t12-,13-/m0/s1. The molecule has 6 nitrogen and oxygen atoms in total. The van der Waals surface area contributed by atoms with Crippen LogP contribution in [0.25, 0.3) is 11.0 Å². The number of nitrogens with zero attached hydrogens (tertiary/aromatic N) is 1. The van der Waals surface area contributed by atoms with Gasteiger partial charge in [-0.25, -0.2) is 4.39 Å². The van der Waals surface area contributed by atoms with Crippen LogP contribution >= 0.6 is 0 Å². The van der Waals surface area contributed by atoms with Crippen molar-refractivity contribution in [2.24, 2.45) is 0 Å². The first-order valence-corrected chi connectivity index (χ1v) is 9.33. The van der Waals surface area contributed by atoms with Gasteiger partial charge in [0, 0.05) is 25.0 Å². The summed E-state index contributed by atoms with van der Waals surface area (Å²) in [7, 11) is 0. The summed E-state index contributed by atoms with van der Waals surface area (Å²) in [4.78, 5) is 14.2. The number of ether oxygens (including phenoxy) is 2. The molecule has 1 saturated heterocycles. The van der Waals surface area contributed by atoms with Crippen LogP contribution in [0.2, 0.25) is 0 Å². The van der Waals surface area contributed by atoms with Crippen molar-refractivity contribution in [1.29, 1.82) is 0 Å². The number of hydrogen-bond acceptors (Lipinski definition) is 5. The van der Waals surface area contributed by atoms with E-state index in [9.17, 15) is 22.4 Å². The third kappa shape index (κ3) is 4.04. The highest BCUT2D eigenvalue weighted by Crippen LogP contribution is 2.39. The van der Waals surface area contributed by atoms with Crippen molar-refractivity contribution >= 4 is 22.6 Å². The molecule has 29 heavy (non-hydrogen) atoms. The van der Waals surface area contributed by atoms with Crippen molar-refractivity contribution in [3.8, 4) is 0 Å². The Labute approximate surface area is 163 Å². The molecule has 2 atom stereocenters. The van der Waals surface area contributed by atoms with E-state index < -0.39 is 30.4 Å². The van der Waals surface area contributed by atoms with Crippen molar-refractivity contribution in [1.82, 2.24) is 5.32 Å². The van der Waals surface area contributed by atoms with Gasteiger partial charge < -0.3 is 24.1 Å². The molecule has 1 amide bonds. The quantitative estimate of drug-likeness (QED) is 0.776. The molecule has 0 unspecified atom stereocenters. The Morgan fingerprint density at radius 3 is 2.62 bits per heavy atom. The number of furan rings is 1. The van der Waals surface area contributed by atoms with Gasteiger partial charge in [-0.15, -0.1) is 0 Å². The molecule has 0 saturated carbocycles. The maximum Gasteiger partial charge on any atom is 0.416 e. The number of anilines is 1. The number of carbonyl (C=O) groups excluding carboxylic acids is 1. The average molecular weight is 416 g/mol. The Bertz CT molecular complexity index is 890. The Morgan fingerprint density at radius 1 is 1.17 bits per heavy atom. The molecule has 1 N–H and O–H groups in total. The van der Waals surface area contributed by atoms with Crippen LogP contribution in [-0.4, -0.2) is 57.6 Å². The summed E-state index contributed by atoms with van der Waals surface area (Å²) in [6, 6.07) is 3.17. The zero-order chi connectivity index (χ0) is 20.6. The van der Waals surface area contributed by atoms with Crippen molar-refractivity contribution in [3.63, 3.8) is 0 Å². The molecule has 1 fully saturated rings. The molecule has 10 heteroatoms. The summed E-state index contributed by atoms with van der Waals surface area (Å²) < 4.78 is 68.7. The van der Waals surface area contributed by atoms with Crippen LogP contribution in [0.3, 0.4) is 0 Å². The Kier molecular flexibility index (Phi) is 5.39. The van der Waals surface area contributed by atoms with E-state index in [2.05, 4.69) is 5.32 Å². The lowest BCUT2D eigenvalue weighted by atomic mass is 10.1. The predicted octanol–water partition coefficient (Wildman–Crippen LogP) is 3.15. The fourth-order valence-corrected chi connectivity index (χ4v) is 3.59. The van der Waals surface area contributed by atoms with Gasteiger partial charge in [0.15, 0.2) is 0 Å². The number of rotatable bonds is 4.